The van der Waals surface area contributed by atoms with E-state index in [2.05, 4.69) is 15.5 Å². The molecule has 0 spiro atoms. The predicted molar refractivity (Wildman–Crippen MR) is 96.0 cm³/mol. The fourth-order valence-electron chi connectivity index (χ4n) is 2.77. The molecule has 4 aromatic rings. The Morgan fingerprint density at radius 3 is 2.68 bits per heavy atom. The Morgan fingerprint density at radius 1 is 0.960 bits per heavy atom. The molecule has 4 rings (SSSR count). The van der Waals surface area contributed by atoms with Crippen LogP contribution in [0.2, 0.25) is 0 Å². The summed E-state index contributed by atoms with van der Waals surface area (Å²) in [5, 5.41) is 8.89. The van der Waals surface area contributed by atoms with Crippen LogP contribution in [0.1, 0.15) is 5.56 Å². The standard InChI is InChI=1S/C20H15N3O2/c24-19(12-15-8-5-7-14-6-1-2-9-16(14)15)22-20-13-18(23-25-20)17-10-3-4-11-21-17/h1-11,13H,12H2,(H,22,24). The zero-order valence-electron chi connectivity index (χ0n) is 13.3. The van der Waals surface area contributed by atoms with Crippen LogP contribution in [0.4, 0.5) is 5.88 Å². The number of nitrogens with one attached hydrogen (secondary N) is 1. The van der Waals surface area contributed by atoms with Gasteiger partial charge in [-0.15, -0.1) is 0 Å². The Bertz CT molecular complexity index is 1020. The van der Waals surface area contributed by atoms with Gasteiger partial charge in [0.05, 0.1) is 12.1 Å². The number of carbonyl (C=O) groups is 1. The van der Waals surface area contributed by atoms with E-state index in [0.29, 0.717) is 17.3 Å². The van der Waals surface area contributed by atoms with Crippen LogP contribution in [-0.4, -0.2) is 16.0 Å². The monoisotopic (exact) mass is 329 g/mol. The van der Waals surface area contributed by atoms with Gasteiger partial charge in [-0.05, 0) is 28.5 Å². The molecule has 0 fully saturated rings. The number of pyridine rings is 1. The third kappa shape index (κ3) is 3.26. The summed E-state index contributed by atoms with van der Waals surface area (Å²) in [5.41, 5.74) is 2.25. The Kier molecular flexibility index (Phi) is 3.96. The largest absolute Gasteiger partial charge is 0.338 e. The summed E-state index contributed by atoms with van der Waals surface area (Å²) in [4.78, 5) is 16.6. The first-order valence-electron chi connectivity index (χ1n) is 7.94. The molecule has 1 amide bonds. The van der Waals surface area contributed by atoms with Crippen LogP contribution in [0, 0.1) is 0 Å². The summed E-state index contributed by atoms with van der Waals surface area (Å²) in [6.07, 6.45) is 1.95. The van der Waals surface area contributed by atoms with Crippen LogP contribution in [0.5, 0.6) is 0 Å². The average Bonchev–Trinajstić information content (AvgIpc) is 3.11. The summed E-state index contributed by atoms with van der Waals surface area (Å²) in [6, 6.07) is 21.2. The van der Waals surface area contributed by atoms with Crippen molar-refractivity contribution in [3.63, 3.8) is 0 Å². The molecule has 1 N–H and O–H groups in total. The minimum Gasteiger partial charge on any atom is -0.338 e. The minimum atomic E-state index is -0.153. The van der Waals surface area contributed by atoms with Crippen LogP contribution in [0.3, 0.4) is 0 Å². The molecule has 0 aliphatic heterocycles. The topological polar surface area (TPSA) is 68.0 Å². The highest BCUT2D eigenvalue weighted by Crippen LogP contribution is 2.21. The van der Waals surface area contributed by atoms with Gasteiger partial charge < -0.3 is 4.52 Å². The molecule has 0 aliphatic rings. The van der Waals surface area contributed by atoms with Crippen molar-refractivity contribution in [3.05, 3.63) is 78.5 Å². The molecular weight excluding hydrogens is 314 g/mol. The van der Waals surface area contributed by atoms with Crippen LogP contribution >= 0.6 is 0 Å². The lowest BCUT2D eigenvalue weighted by Gasteiger charge is -2.06. The van der Waals surface area contributed by atoms with Crippen molar-refractivity contribution in [1.82, 2.24) is 10.1 Å². The van der Waals surface area contributed by atoms with E-state index in [-0.39, 0.29) is 12.3 Å². The van der Waals surface area contributed by atoms with Crippen molar-refractivity contribution in [2.24, 2.45) is 0 Å². The highest BCUT2D eigenvalue weighted by molar-refractivity contribution is 5.95. The molecule has 2 aromatic heterocycles. The summed E-state index contributed by atoms with van der Waals surface area (Å²) in [6.45, 7) is 0. The Balaban J connectivity index is 1.50. The summed E-state index contributed by atoms with van der Waals surface area (Å²) < 4.78 is 5.19. The van der Waals surface area contributed by atoms with Gasteiger partial charge in [-0.3, -0.25) is 15.1 Å². The molecule has 0 radical (unpaired) electrons. The van der Waals surface area contributed by atoms with Gasteiger partial charge in [-0.1, -0.05) is 53.7 Å². The van der Waals surface area contributed by atoms with E-state index in [4.69, 9.17) is 4.52 Å². The normalized spacial score (nSPS) is 10.7. The van der Waals surface area contributed by atoms with Gasteiger partial charge in [-0.2, -0.15) is 0 Å². The first kappa shape index (κ1) is 15.1. The Morgan fingerprint density at radius 2 is 1.80 bits per heavy atom. The summed E-state index contributed by atoms with van der Waals surface area (Å²) >= 11 is 0. The second-order valence-corrected chi connectivity index (χ2v) is 5.65. The van der Waals surface area contributed by atoms with Crippen molar-refractivity contribution >= 4 is 22.6 Å². The minimum absolute atomic E-state index is 0.153. The molecule has 0 unspecified atom stereocenters. The highest BCUT2D eigenvalue weighted by atomic mass is 16.5. The van der Waals surface area contributed by atoms with E-state index in [9.17, 15) is 4.79 Å². The van der Waals surface area contributed by atoms with Gasteiger partial charge in [0.25, 0.3) is 0 Å². The van der Waals surface area contributed by atoms with Crippen molar-refractivity contribution in [2.45, 2.75) is 6.42 Å². The number of nitrogens with zero attached hydrogens (tertiary/aromatic N) is 2. The van der Waals surface area contributed by atoms with Gasteiger partial charge >= 0.3 is 0 Å². The molecule has 5 nitrogen and oxygen atoms in total. The lowest BCUT2D eigenvalue weighted by Crippen LogP contribution is -2.14. The van der Waals surface area contributed by atoms with Gasteiger partial charge in [0, 0.05) is 12.3 Å². The lowest BCUT2D eigenvalue weighted by atomic mass is 10.0. The number of hydrogen-bond donors (Lipinski definition) is 1. The van der Waals surface area contributed by atoms with Crippen LogP contribution in [0.15, 0.2) is 77.4 Å². The molecule has 122 valence electrons. The highest BCUT2D eigenvalue weighted by Gasteiger charge is 2.12. The molecule has 0 aliphatic carbocycles. The number of aromatic nitrogens is 2. The first-order chi connectivity index (χ1) is 12.3. The first-order valence-corrected chi connectivity index (χ1v) is 7.94. The maximum Gasteiger partial charge on any atom is 0.231 e. The van der Waals surface area contributed by atoms with Crippen molar-refractivity contribution in [1.29, 1.82) is 0 Å². The van der Waals surface area contributed by atoms with E-state index in [1.165, 1.54) is 0 Å². The number of rotatable bonds is 4. The molecule has 0 bridgehead atoms. The van der Waals surface area contributed by atoms with Crippen LogP contribution in [-0.2, 0) is 11.2 Å². The lowest BCUT2D eigenvalue weighted by molar-refractivity contribution is -0.115. The average molecular weight is 329 g/mol. The fourth-order valence-corrected chi connectivity index (χ4v) is 2.77. The van der Waals surface area contributed by atoms with Gasteiger partial charge in [-0.25, -0.2) is 0 Å². The molecule has 2 aromatic carbocycles. The second-order valence-electron chi connectivity index (χ2n) is 5.65. The SMILES string of the molecule is O=C(Cc1cccc2ccccc12)Nc1cc(-c2ccccn2)no1. The van der Waals surface area contributed by atoms with Crippen molar-refractivity contribution < 1.29 is 9.32 Å². The van der Waals surface area contributed by atoms with Gasteiger partial charge in [0.15, 0.2) is 0 Å². The number of hydrogen-bond acceptors (Lipinski definition) is 4. The molecular formula is C20H15N3O2. The molecule has 25 heavy (non-hydrogen) atoms. The number of anilines is 1. The van der Waals surface area contributed by atoms with Gasteiger partial charge in [0.2, 0.25) is 11.8 Å². The third-order valence-electron chi connectivity index (χ3n) is 3.93. The molecule has 2 heterocycles. The van der Waals surface area contributed by atoms with Crippen LogP contribution in [0.25, 0.3) is 22.2 Å². The molecule has 5 heteroatoms. The van der Waals surface area contributed by atoms with E-state index >= 15 is 0 Å². The summed E-state index contributed by atoms with van der Waals surface area (Å²) in [7, 11) is 0. The maximum absolute atomic E-state index is 12.4. The zero-order chi connectivity index (χ0) is 17.1. The maximum atomic E-state index is 12.4. The van der Waals surface area contributed by atoms with E-state index in [1.54, 1.807) is 12.3 Å². The zero-order valence-corrected chi connectivity index (χ0v) is 13.3. The molecule has 0 atom stereocenters. The Hall–Kier alpha value is -3.47. The molecule has 0 saturated heterocycles. The number of carbonyl (C=O) groups excluding carboxylic acids is 1. The number of fused-ring (bicyclic) bond motifs is 1. The fraction of sp³-hybridized carbons (Fsp3) is 0.0500. The quantitative estimate of drug-likeness (QED) is 0.613. The van der Waals surface area contributed by atoms with Crippen LogP contribution < -0.4 is 5.32 Å². The van der Waals surface area contributed by atoms with E-state index in [0.717, 1.165) is 16.3 Å². The molecule has 0 saturated carbocycles. The Labute approximate surface area is 144 Å². The smallest absolute Gasteiger partial charge is 0.231 e. The third-order valence-corrected chi connectivity index (χ3v) is 3.93. The number of amides is 1. The predicted octanol–water partition coefficient (Wildman–Crippen LogP) is 4.07. The van der Waals surface area contributed by atoms with Crippen molar-refractivity contribution in [2.75, 3.05) is 5.32 Å². The van der Waals surface area contributed by atoms with E-state index in [1.807, 2.05) is 60.7 Å². The van der Waals surface area contributed by atoms with E-state index < -0.39 is 0 Å². The number of benzene rings is 2. The van der Waals surface area contributed by atoms with Gasteiger partial charge in [0.1, 0.15) is 5.69 Å². The van der Waals surface area contributed by atoms with Crippen molar-refractivity contribution in [3.8, 4) is 11.4 Å². The second kappa shape index (κ2) is 6.57. The summed E-state index contributed by atoms with van der Waals surface area (Å²) in [5.74, 6) is 0.158.